The van der Waals surface area contributed by atoms with E-state index in [1.807, 2.05) is 20.9 Å². The van der Waals surface area contributed by atoms with Crippen LogP contribution in [-0.2, 0) is 13.5 Å². The molecule has 2 rings (SSSR count). The monoisotopic (exact) mass is 230 g/mol. The summed E-state index contributed by atoms with van der Waals surface area (Å²) in [5.41, 5.74) is 3.44. The number of nitrogens with zero attached hydrogens (tertiary/aromatic N) is 4. The van der Waals surface area contributed by atoms with Gasteiger partial charge in [-0.05, 0) is 13.8 Å². The lowest BCUT2D eigenvalue weighted by molar-refractivity contribution is 0.0992. The second-order valence-corrected chi connectivity index (χ2v) is 4.00. The average molecular weight is 230 g/mol. The third-order valence-electron chi connectivity index (χ3n) is 2.88. The lowest BCUT2D eigenvalue weighted by Gasteiger charge is -2.01. The number of carbonyl (C=O) groups is 1. The summed E-state index contributed by atoms with van der Waals surface area (Å²) in [5.74, 6) is 0.0183. The van der Waals surface area contributed by atoms with E-state index in [1.54, 1.807) is 4.68 Å². The van der Waals surface area contributed by atoms with Crippen molar-refractivity contribution in [3.63, 3.8) is 0 Å². The van der Waals surface area contributed by atoms with Crippen LogP contribution in [-0.4, -0.2) is 25.5 Å². The van der Waals surface area contributed by atoms with Gasteiger partial charge in [0, 0.05) is 37.1 Å². The van der Waals surface area contributed by atoms with Crippen molar-refractivity contribution in [3.05, 3.63) is 41.2 Å². The van der Waals surface area contributed by atoms with E-state index in [9.17, 15) is 4.79 Å². The number of aromatic nitrogens is 4. The van der Waals surface area contributed by atoms with Crippen LogP contribution in [0.2, 0.25) is 0 Å². The summed E-state index contributed by atoms with van der Waals surface area (Å²) in [6, 6.07) is 0. The quantitative estimate of drug-likeness (QED) is 0.744. The number of Topliss-reactive ketones (excluding diaryl/α,β-unsaturated/α-hetero) is 1. The van der Waals surface area contributed by atoms with Gasteiger partial charge in [-0.3, -0.25) is 9.48 Å². The van der Waals surface area contributed by atoms with Gasteiger partial charge in [-0.2, -0.15) is 5.10 Å². The molecule has 5 heteroatoms. The summed E-state index contributed by atoms with van der Waals surface area (Å²) < 4.78 is 1.79. The van der Waals surface area contributed by atoms with Crippen LogP contribution in [0, 0.1) is 13.8 Å². The van der Waals surface area contributed by atoms with Crippen LogP contribution in [0.5, 0.6) is 0 Å². The molecule has 0 atom stereocenters. The van der Waals surface area contributed by atoms with Crippen molar-refractivity contribution in [2.75, 3.05) is 0 Å². The molecule has 17 heavy (non-hydrogen) atoms. The Morgan fingerprint density at radius 3 is 2.47 bits per heavy atom. The lowest BCUT2D eigenvalue weighted by Crippen LogP contribution is -2.06. The van der Waals surface area contributed by atoms with E-state index in [-0.39, 0.29) is 5.78 Å². The summed E-state index contributed by atoms with van der Waals surface area (Å²) in [5, 5.41) is 4.29. The second kappa shape index (κ2) is 4.45. The molecule has 0 saturated heterocycles. The predicted molar refractivity (Wildman–Crippen MR) is 62.7 cm³/mol. The molecule has 0 unspecified atom stereocenters. The van der Waals surface area contributed by atoms with E-state index in [0.29, 0.717) is 12.0 Å². The minimum atomic E-state index is 0.0183. The summed E-state index contributed by atoms with van der Waals surface area (Å²) in [6.07, 6.45) is 4.84. The molecule has 0 N–H and O–H groups in total. The van der Waals surface area contributed by atoms with Crippen molar-refractivity contribution in [2.45, 2.75) is 20.3 Å². The van der Waals surface area contributed by atoms with Crippen molar-refractivity contribution in [1.82, 2.24) is 19.7 Å². The van der Waals surface area contributed by atoms with Crippen LogP contribution in [0.4, 0.5) is 0 Å². The fourth-order valence-corrected chi connectivity index (χ4v) is 1.78. The Kier molecular flexibility index (Phi) is 2.99. The maximum Gasteiger partial charge on any atom is 0.170 e. The largest absolute Gasteiger partial charge is 0.294 e. The Bertz CT molecular complexity index is 545. The Labute approximate surface area is 99.5 Å². The van der Waals surface area contributed by atoms with Gasteiger partial charge in [0.2, 0.25) is 0 Å². The zero-order valence-electron chi connectivity index (χ0n) is 10.1. The fourth-order valence-electron chi connectivity index (χ4n) is 1.78. The molecule has 0 saturated carbocycles. The number of carbonyl (C=O) groups excluding carboxylic acids is 1. The molecule has 2 aromatic heterocycles. The predicted octanol–water partition coefficient (Wildman–Crippen LogP) is 1.25. The van der Waals surface area contributed by atoms with E-state index in [2.05, 4.69) is 15.1 Å². The highest BCUT2D eigenvalue weighted by molar-refractivity contribution is 5.97. The first-order valence-electron chi connectivity index (χ1n) is 5.37. The standard InChI is InChI=1S/C12H14N4O/c1-8-11(9(2)16(3)15-8)4-12(17)10-5-13-7-14-6-10/h5-7H,4H2,1-3H3. The van der Waals surface area contributed by atoms with Crippen LogP contribution in [0.1, 0.15) is 27.3 Å². The first-order chi connectivity index (χ1) is 8.09. The van der Waals surface area contributed by atoms with Crippen LogP contribution in [0.3, 0.4) is 0 Å². The molecule has 0 aliphatic rings. The first-order valence-corrected chi connectivity index (χ1v) is 5.37. The van der Waals surface area contributed by atoms with E-state index in [4.69, 9.17) is 0 Å². The summed E-state index contributed by atoms with van der Waals surface area (Å²) in [7, 11) is 1.88. The van der Waals surface area contributed by atoms with Crippen LogP contribution in [0.15, 0.2) is 18.7 Å². The van der Waals surface area contributed by atoms with Gasteiger partial charge in [-0.15, -0.1) is 0 Å². The Hall–Kier alpha value is -2.04. The van der Waals surface area contributed by atoms with Crippen molar-refractivity contribution in [1.29, 1.82) is 0 Å². The molecule has 0 aliphatic heterocycles. The number of ketones is 1. The van der Waals surface area contributed by atoms with Gasteiger partial charge < -0.3 is 0 Å². The zero-order chi connectivity index (χ0) is 12.4. The van der Waals surface area contributed by atoms with E-state index in [1.165, 1.54) is 18.7 Å². The first kappa shape index (κ1) is 11.4. The molecule has 0 amide bonds. The minimum Gasteiger partial charge on any atom is -0.294 e. The molecule has 5 nitrogen and oxygen atoms in total. The molecule has 0 aromatic carbocycles. The second-order valence-electron chi connectivity index (χ2n) is 4.00. The van der Waals surface area contributed by atoms with Gasteiger partial charge in [0.15, 0.2) is 5.78 Å². The van der Waals surface area contributed by atoms with E-state index >= 15 is 0 Å². The molecule has 0 aliphatic carbocycles. The molecule has 0 bridgehead atoms. The molecule has 0 fully saturated rings. The van der Waals surface area contributed by atoms with E-state index < -0.39 is 0 Å². The normalized spacial score (nSPS) is 10.5. The van der Waals surface area contributed by atoms with Gasteiger partial charge in [0.25, 0.3) is 0 Å². The van der Waals surface area contributed by atoms with Crippen molar-refractivity contribution in [3.8, 4) is 0 Å². The third kappa shape index (κ3) is 2.22. The third-order valence-corrected chi connectivity index (χ3v) is 2.88. The molecular weight excluding hydrogens is 216 g/mol. The molecule has 0 spiro atoms. The highest BCUT2D eigenvalue weighted by Crippen LogP contribution is 2.14. The summed E-state index contributed by atoms with van der Waals surface area (Å²) in [6.45, 7) is 3.88. The summed E-state index contributed by atoms with van der Waals surface area (Å²) in [4.78, 5) is 19.7. The number of hydrogen-bond donors (Lipinski definition) is 0. The SMILES string of the molecule is Cc1nn(C)c(C)c1CC(=O)c1cncnc1. The topological polar surface area (TPSA) is 60.7 Å². The van der Waals surface area contributed by atoms with Crippen LogP contribution < -0.4 is 0 Å². The fraction of sp³-hybridized carbons (Fsp3) is 0.333. The average Bonchev–Trinajstić information content (AvgIpc) is 2.57. The number of aryl methyl sites for hydroxylation is 2. The molecule has 2 heterocycles. The van der Waals surface area contributed by atoms with Crippen molar-refractivity contribution >= 4 is 5.78 Å². The Morgan fingerprint density at radius 1 is 1.29 bits per heavy atom. The highest BCUT2D eigenvalue weighted by atomic mass is 16.1. The maximum atomic E-state index is 12.0. The Balaban J connectivity index is 2.25. The summed E-state index contributed by atoms with van der Waals surface area (Å²) >= 11 is 0. The van der Waals surface area contributed by atoms with Crippen molar-refractivity contribution < 1.29 is 4.79 Å². The molecular formula is C12H14N4O. The molecule has 88 valence electrons. The van der Waals surface area contributed by atoms with Crippen molar-refractivity contribution in [2.24, 2.45) is 7.05 Å². The maximum absolute atomic E-state index is 12.0. The zero-order valence-corrected chi connectivity index (χ0v) is 10.1. The smallest absolute Gasteiger partial charge is 0.170 e. The van der Waals surface area contributed by atoms with Gasteiger partial charge >= 0.3 is 0 Å². The van der Waals surface area contributed by atoms with Crippen LogP contribution >= 0.6 is 0 Å². The lowest BCUT2D eigenvalue weighted by atomic mass is 10.0. The Morgan fingerprint density at radius 2 is 1.94 bits per heavy atom. The van der Waals surface area contributed by atoms with E-state index in [0.717, 1.165) is 17.0 Å². The van der Waals surface area contributed by atoms with Gasteiger partial charge in [0.1, 0.15) is 6.33 Å². The van der Waals surface area contributed by atoms with Gasteiger partial charge in [0.05, 0.1) is 11.3 Å². The number of rotatable bonds is 3. The van der Waals surface area contributed by atoms with Gasteiger partial charge in [-0.25, -0.2) is 9.97 Å². The van der Waals surface area contributed by atoms with Gasteiger partial charge in [-0.1, -0.05) is 0 Å². The van der Waals surface area contributed by atoms with Crippen LogP contribution in [0.25, 0.3) is 0 Å². The molecule has 0 radical (unpaired) electrons. The minimum absolute atomic E-state index is 0.0183. The highest BCUT2D eigenvalue weighted by Gasteiger charge is 2.14. The number of hydrogen-bond acceptors (Lipinski definition) is 4. The molecule has 2 aromatic rings.